The maximum absolute atomic E-state index is 12.1. The maximum atomic E-state index is 12.1. The minimum Gasteiger partial charge on any atom is -0.479 e. The summed E-state index contributed by atoms with van der Waals surface area (Å²) in [6, 6.07) is 20.1. The Morgan fingerprint density at radius 1 is 1.08 bits per heavy atom. The summed E-state index contributed by atoms with van der Waals surface area (Å²) in [6.07, 6.45) is 1.51. The largest absolute Gasteiger partial charge is 0.479 e. The zero-order valence-electron chi connectivity index (χ0n) is 12.9. The normalized spacial score (nSPS) is 10.3. The number of carbonyl (C=O) groups is 1. The van der Waals surface area contributed by atoms with Crippen molar-refractivity contribution in [3.8, 4) is 17.9 Å². The molecule has 0 radical (unpaired) electrons. The Morgan fingerprint density at radius 3 is 2.42 bits per heavy atom. The third-order valence-corrected chi connectivity index (χ3v) is 3.16. The topological polar surface area (TPSA) is 85.9 Å². The molecule has 0 heterocycles. The zero-order valence-corrected chi connectivity index (χ0v) is 12.9. The molecular formula is C19H15N3O2. The van der Waals surface area contributed by atoms with Crippen LogP contribution >= 0.6 is 0 Å². The lowest BCUT2D eigenvalue weighted by Gasteiger charge is -2.05. The van der Waals surface area contributed by atoms with Crippen LogP contribution in [0.4, 0.5) is 0 Å². The van der Waals surface area contributed by atoms with Gasteiger partial charge < -0.3 is 10.1 Å². The molecule has 5 heteroatoms. The Balaban J connectivity index is 2.01. The van der Waals surface area contributed by atoms with Crippen LogP contribution in [0.3, 0.4) is 0 Å². The van der Waals surface area contributed by atoms with Crippen LogP contribution in [0.5, 0.6) is 5.75 Å². The molecule has 0 unspecified atom stereocenters. The molecule has 0 aromatic heterocycles. The molecule has 0 saturated heterocycles. The van der Waals surface area contributed by atoms with E-state index in [0.717, 1.165) is 5.56 Å². The molecule has 118 valence electrons. The van der Waals surface area contributed by atoms with E-state index in [2.05, 4.69) is 5.32 Å². The number of nitrogens with one attached hydrogen (secondary N) is 1. The Bertz CT molecular complexity index is 797. The first-order valence-corrected chi connectivity index (χ1v) is 7.26. The van der Waals surface area contributed by atoms with Crippen LogP contribution < -0.4 is 10.1 Å². The second-order valence-corrected chi connectivity index (χ2v) is 4.85. The van der Waals surface area contributed by atoms with Crippen molar-refractivity contribution in [3.05, 3.63) is 71.3 Å². The highest BCUT2D eigenvalue weighted by Gasteiger charge is 2.08. The van der Waals surface area contributed by atoms with Crippen molar-refractivity contribution in [2.24, 2.45) is 0 Å². The van der Waals surface area contributed by atoms with Crippen LogP contribution in [-0.4, -0.2) is 12.5 Å². The van der Waals surface area contributed by atoms with Gasteiger partial charge in [0.15, 0.2) is 6.61 Å². The molecule has 0 aliphatic heterocycles. The monoisotopic (exact) mass is 317 g/mol. The highest BCUT2D eigenvalue weighted by Crippen LogP contribution is 2.14. The van der Waals surface area contributed by atoms with Crippen LogP contribution in [0.15, 0.2) is 60.2 Å². The predicted octanol–water partition coefficient (Wildman–Crippen LogP) is 2.81. The number of hydrogen-bond acceptors (Lipinski definition) is 4. The van der Waals surface area contributed by atoms with E-state index in [-0.39, 0.29) is 12.2 Å². The van der Waals surface area contributed by atoms with E-state index in [9.17, 15) is 10.1 Å². The van der Waals surface area contributed by atoms with Crippen LogP contribution in [0.1, 0.15) is 11.1 Å². The Morgan fingerprint density at radius 2 is 1.79 bits per heavy atom. The van der Waals surface area contributed by atoms with Gasteiger partial charge in [0.05, 0.1) is 0 Å². The summed E-state index contributed by atoms with van der Waals surface area (Å²) in [5.74, 6) is 0.131. The van der Waals surface area contributed by atoms with Gasteiger partial charge in [-0.05, 0) is 29.3 Å². The molecule has 5 nitrogen and oxygen atoms in total. The van der Waals surface area contributed by atoms with Crippen LogP contribution in [0, 0.1) is 22.7 Å². The van der Waals surface area contributed by atoms with Crippen molar-refractivity contribution in [2.45, 2.75) is 6.54 Å². The number of nitrogens with zero attached hydrogens (tertiary/aromatic N) is 2. The van der Waals surface area contributed by atoms with Crippen LogP contribution in [0.2, 0.25) is 0 Å². The first-order chi connectivity index (χ1) is 11.7. The number of rotatable bonds is 6. The molecule has 0 fully saturated rings. The highest BCUT2D eigenvalue weighted by atomic mass is 16.5. The lowest BCUT2D eigenvalue weighted by molar-refractivity contribution is -0.117. The highest BCUT2D eigenvalue weighted by molar-refractivity contribution is 6.01. The number of amides is 1. The van der Waals surface area contributed by atoms with E-state index in [1.54, 1.807) is 24.3 Å². The van der Waals surface area contributed by atoms with E-state index in [1.807, 2.05) is 42.5 Å². The third kappa shape index (κ3) is 5.01. The average molecular weight is 317 g/mol. The van der Waals surface area contributed by atoms with E-state index in [1.165, 1.54) is 6.08 Å². The summed E-state index contributed by atoms with van der Waals surface area (Å²) >= 11 is 0. The molecule has 0 saturated carbocycles. The van der Waals surface area contributed by atoms with Crippen molar-refractivity contribution >= 4 is 12.0 Å². The molecule has 0 aliphatic rings. The van der Waals surface area contributed by atoms with E-state index in [4.69, 9.17) is 10.00 Å². The van der Waals surface area contributed by atoms with Gasteiger partial charge >= 0.3 is 0 Å². The standard InChI is InChI=1S/C19H15N3O2/c20-10-11-24-18-8-6-15(7-9-18)12-17(13-21)19(23)22-14-16-4-2-1-3-5-16/h1-9,12H,11,14H2,(H,22,23)/b17-12-. The predicted molar refractivity (Wildman–Crippen MR) is 89.4 cm³/mol. The van der Waals surface area contributed by atoms with Gasteiger partial charge in [0.25, 0.3) is 5.91 Å². The van der Waals surface area contributed by atoms with Gasteiger partial charge in [-0.1, -0.05) is 42.5 Å². The second-order valence-electron chi connectivity index (χ2n) is 4.85. The SMILES string of the molecule is N#CCOc1ccc(/C=C(/C#N)C(=O)NCc2ccccc2)cc1. The molecule has 1 N–H and O–H groups in total. The van der Waals surface area contributed by atoms with Gasteiger partial charge in [0, 0.05) is 6.54 Å². The van der Waals surface area contributed by atoms with E-state index in [0.29, 0.717) is 17.9 Å². The van der Waals surface area contributed by atoms with Gasteiger partial charge in [-0.2, -0.15) is 10.5 Å². The van der Waals surface area contributed by atoms with Gasteiger partial charge in [-0.25, -0.2) is 0 Å². The fourth-order valence-corrected chi connectivity index (χ4v) is 1.96. The van der Waals surface area contributed by atoms with Gasteiger partial charge in [-0.15, -0.1) is 0 Å². The molecule has 2 rings (SSSR count). The molecule has 0 aliphatic carbocycles. The number of nitriles is 2. The fraction of sp³-hybridized carbons (Fsp3) is 0.105. The van der Waals surface area contributed by atoms with Gasteiger partial charge in [0.2, 0.25) is 0 Å². The smallest absolute Gasteiger partial charge is 0.262 e. The van der Waals surface area contributed by atoms with Crippen molar-refractivity contribution in [3.63, 3.8) is 0 Å². The summed E-state index contributed by atoms with van der Waals surface area (Å²) < 4.78 is 5.15. The third-order valence-electron chi connectivity index (χ3n) is 3.16. The summed E-state index contributed by atoms with van der Waals surface area (Å²) in [5, 5.41) is 20.4. The fourth-order valence-electron chi connectivity index (χ4n) is 1.96. The van der Waals surface area contributed by atoms with Crippen LogP contribution in [-0.2, 0) is 11.3 Å². The number of ether oxygens (including phenoxy) is 1. The minimum atomic E-state index is -0.425. The molecule has 0 atom stereocenters. The summed E-state index contributed by atoms with van der Waals surface area (Å²) in [5.41, 5.74) is 1.68. The Kier molecular flexibility index (Phi) is 6.14. The number of carbonyl (C=O) groups excluding carboxylic acids is 1. The van der Waals surface area contributed by atoms with E-state index < -0.39 is 5.91 Å². The maximum Gasteiger partial charge on any atom is 0.262 e. The zero-order chi connectivity index (χ0) is 17.2. The van der Waals surface area contributed by atoms with E-state index >= 15 is 0 Å². The van der Waals surface area contributed by atoms with Crippen molar-refractivity contribution in [1.82, 2.24) is 5.32 Å². The second kappa shape index (κ2) is 8.77. The molecular weight excluding hydrogens is 302 g/mol. The Hall–Kier alpha value is -3.57. The minimum absolute atomic E-state index is 0.0247. The van der Waals surface area contributed by atoms with Crippen molar-refractivity contribution in [2.75, 3.05) is 6.61 Å². The van der Waals surface area contributed by atoms with Gasteiger partial charge in [-0.3, -0.25) is 4.79 Å². The molecule has 2 aromatic rings. The molecule has 0 bridgehead atoms. The summed E-state index contributed by atoms with van der Waals surface area (Å²) in [7, 11) is 0. The molecule has 2 aromatic carbocycles. The van der Waals surface area contributed by atoms with Crippen molar-refractivity contribution in [1.29, 1.82) is 10.5 Å². The van der Waals surface area contributed by atoms with Crippen LogP contribution in [0.25, 0.3) is 6.08 Å². The molecule has 1 amide bonds. The lowest BCUT2D eigenvalue weighted by Crippen LogP contribution is -2.23. The first kappa shape index (κ1) is 16.8. The number of hydrogen-bond donors (Lipinski definition) is 1. The summed E-state index contributed by atoms with van der Waals surface area (Å²) in [6.45, 7) is 0.333. The quantitative estimate of drug-likeness (QED) is 0.655. The van der Waals surface area contributed by atoms with Crippen molar-refractivity contribution < 1.29 is 9.53 Å². The average Bonchev–Trinajstić information content (AvgIpc) is 2.64. The summed E-state index contributed by atoms with van der Waals surface area (Å²) in [4.78, 5) is 12.1. The molecule has 24 heavy (non-hydrogen) atoms. The Labute approximate surface area is 140 Å². The van der Waals surface area contributed by atoms with Gasteiger partial charge in [0.1, 0.15) is 23.5 Å². The lowest BCUT2D eigenvalue weighted by atomic mass is 10.1. The molecule has 0 spiro atoms. The first-order valence-electron chi connectivity index (χ1n) is 7.26. The number of benzene rings is 2.